The predicted molar refractivity (Wildman–Crippen MR) is 119 cm³/mol. The fraction of sp³-hybridized carbons (Fsp3) is 0.286. The minimum Gasteiger partial charge on any atom is -0.314 e. The molecule has 2 heterocycles. The summed E-state index contributed by atoms with van der Waals surface area (Å²) in [5.74, 6) is 0.806. The Kier molecular flexibility index (Phi) is 6.36. The van der Waals surface area contributed by atoms with Crippen LogP contribution in [0.5, 0.6) is 0 Å². The van der Waals surface area contributed by atoms with Gasteiger partial charge in [0.15, 0.2) is 5.82 Å². The van der Waals surface area contributed by atoms with Crippen LogP contribution < -0.4 is 5.32 Å². The predicted octanol–water partition coefficient (Wildman–Crippen LogP) is 6.10. The number of likely N-dealkylation sites (tertiary alicyclic amines) is 1. The summed E-state index contributed by atoms with van der Waals surface area (Å²) in [5, 5.41) is 12.4. The van der Waals surface area contributed by atoms with Gasteiger partial charge in [-0.25, -0.2) is 9.18 Å². The molecule has 162 valence electrons. The van der Waals surface area contributed by atoms with Gasteiger partial charge in [-0.1, -0.05) is 40.9 Å². The van der Waals surface area contributed by atoms with E-state index in [4.69, 9.17) is 34.8 Å². The molecule has 4 rings (SSSR count). The van der Waals surface area contributed by atoms with Gasteiger partial charge in [0.1, 0.15) is 11.6 Å². The van der Waals surface area contributed by atoms with E-state index in [1.165, 1.54) is 12.1 Å². The standard InChI is InChI=1S/C21H19Cl3FN5O/c1-12-27-28-20(30(12)11-13-4-6-15(23)16(24)9-13)19-3-2-8-29(19)21(31)26-18-7-5-14(22)10-17(18)25/h4-7,9-10,19H,2-3,8,11H2,1H3,(H,26,31)/t19-/m1/s1. The molecule has 1 aliphatic heterocycles. The molecule has 6 nitrogen and oxygen atoms in total. The first-order valence-corrected chi connectivity index (χ1v) is 10.8. The number of rotatable bonds is 4. The second-order valence-corrected chi connectivity index (χ2v) is 8.60. The molecule has 1 fully saturated rings. The molecule has 1 N–H and O–H groups in total. The Morgan fingerprint density at radius 3 is 2.71 bits per heavy atom. The van der Waals surface area contributed by atoms with E-state index in [0.717, 1.165) is 30.3 Å². The van der Waals surface area contributed by atoms with Crippen molar-refractivity contribution in [1.29, 1.82) is 0 Å². The monoisotopic (exact) mass is 481 g/mol. The topological polar surface area (TPSA) is 63.1 Å². The zero-order chi connectivity index (χ0) is 22.1. The first-order valence-electron chi connectivity index (χ1n) is 9.70. The van der Waals surface area contributed by atoms with Crippen molar-refractivity contribution in [1.82, 2.24) is 19.7 Å². The number of amides is 2. The summed E-state index contributed by atoms with van der Waals surface area (Å²) in [7, 11) is 0. The lowest BCUT2D eigenvalue weighted by molar-refractivity contribution is 0.203. The fourth-order valence-corrected chi connectivity index (χ4v) is 4.20. The van der Waals surface area contributed by atoms with Gasteiger partial charge in [0.25, 0.3) is 0 Å². The molecule has 3 aromatic rings. The van der Waals surface area contributed by atoms with E-state index in [9.17, 15) is 9.18 Å². The van der Waals surface area contributed by atoms with Crippen molar-refractivity contribution in [2.24, 2.45) is 0 Å². The second kappa shape index (κ2) is 9.02. The fourth-order valence-electron chi connectivity index (χ4n) is 3.72. The van der Waals surface area contributed by atoms with Crippen molar-refractivity contribution in [2.45, 2.75) is 32.4 Å². The highest BCUT2D eigenvalue weighted by molar-refractivity contribution is 6.42. The van der Waals surface area contributed by atoms with Crippen LogP contribution in [0.25, 0.3) is 0 Å². The van der Waals surface area contributed by atoms with Crippen molar-refractivity contribution in [2.75, 3.05) is 11.9 Å². The third-order valence-corrected chi connectivity index (χ3v) is 6.25. The summed E-state index contributed by atoms with van der Waals surface area (Å²) >= 11 is 18.0. The first kappa shape index (κ1) is 21.9. The van der Waals surface area contributed by atoms with Crippen LogP contribution in [0.15, 0.2) is 36.4 Å². The van der Waals surface area contributed by atoms with Gasteiger partial charge in [0, 0.05) is 11.6 Å². The van der Waals surface area contributed by atoms with Crippen LogP contribution in [0, 0.1) is 12.7 Å². The number of carbonyl (C=O) groups excluding carboxylic acids is 1. The minimum absolute atomic E-state index is 0.0773. The van der Waals surface area contributed by atoms with E-state index in [2.05, 4.69) is 15.5 Å². The van der Waals surface area contributed by atoms with E-state index in [-0.39, 0.29) is 16.8 Å². The molecule has 1 saturated heterocycles. The molecule has 10 heteroatoms. The molecule has 0 spiro atoms. The molecule has 2 aromatic carbocycles. The molecular weight excluding hydrogens is 464 g/mol. The molecule has 0 aliphatic carbocycles. The van der Waals surface area contributed by atoms with E-state index in [1.807, 2.05) is 17.6 Å². The zero-order valence-electron chi connectivity index (χ0n) is 16.6. The third kappa shape index (κ3) is 4.63. The molecule has 0 bridgehead atoms. The lowest BCUT2D eigenvalue weighted by atomic mass is 10.2. The van der Waals surface area contributed by atoms with Crippen LogP contribution in [-0.4, -0.2) is 32.2 Å². The summed E-state index contributed by atoms with van der Waals surface area (Å²) in [6.45, 7) is 2.88. The van der Waals surface area contributed by atoms with Gasteiger partial charge in [-0.3, -0.25) is 0 Å². The molecule has 1 aromatic heterocycles. The number of carbonyl (C=O) groups is 1. The average Bonchev–Trinajstić information content (AvgIpc) is 3.34. The Morgan fingerprint density at radius 2 is 1.97 bits per heavy atom. The van der Waals surface area contributed by atoms with Gasteiger partial charge in [-0.15, -0.1) is 10.2 Å². The number of aryl methyl sites for hydroxylation is 1. The van der Waals surface area contributed by atoms with Crippen molar-refractivity contribution in [3.8, 4) is 0 Å². The molecule has 2 amide bonds. The summed E-state index contributed by atoms with van der Waals surface area (Å²) in [4.78, 5) is 14.6. The highest BCUT2D eigenvalue weighted by Gasteiger charge is 2.34. The molecule has 1 atom stereocenters. The number of halogens is 4. The summed E-state index contributed by atoms with van der Waals surface area (Å²) in [5.41, 5.74) is 1.02. The number of aromatic nitrogens is 3. The van der Waals surface area contributed by atoms with Crippen LogP contribution in [0.1, 0.15) is 36.1 Å². The zero-order valence-corrected chi connectivity index (χ0v) is 18.8. The van der Waals surface area contributed by atoms with Crippen molar-refractivity contribution in [3.63, 3.8) is 0 Å². The average molecular weight is 483 g/mol. The van der Waals surface area contributed by atoms with Gasteiger partial charge in [-0.2, -0.15) is 0 Å². The molecule has 0 saturated carbocycles. The molecular formula is C21H19Cl3FN5O. The second-order valence-electron chi connectivity index (χ2n) is 7.35. The first-order chi connectivity index (χ1) is 14.8. The Hall–Kier alpha value is -2.35. The van der Waals surface area contributed by atoms with Gasteiger partial charge in [0.05, 0.1) is 28.3 Å². The van der Waals surface area contributed by atoms with E-state index in [1.54, 1.807) is 17.0 Å². The van der Waals surface area contributed by atoms with Gasteiger partial charge >= 0.3 is 6.03 Å². The van der Waals surface area contributed by atoms with E-state index in [0.29, 0.717) is 29.0 Å². The normalized spacial score (nSPS) is 16.0. The number of nitrogens with one attached hydrogen (secondary N) is 1. The summed E-state index contributed by atoms with van der Waals surface area (Å²) in [6, 6.07) is 8.89. The molecule has 31 heavy (non-hydrogen) atoms. The smallest absolute Gasteiger partial charge is 0.314 e. The van der Waals surface area contributed by atoms with Gasteiger partial charge in [0.2, 0.25) is 0 Å². The van der Waals surface area contributed by atoms with Crippen molar-refractivity contribution in [3.05, 3.63) is 74.5 Å². The Bertz CT molecular complexity index is 1140. The Morgan fingerprint density at radius 1 is 1.16 bits per heavy atom. The van der Waals surface area contributed by atoms with Gasteiger partial charge in [-0.05, 0) is 55.7 Å². The Balaban J connectivity index is 1.57. The maximum Gasteiger partial charge on any atom is 0.322 e. The van der Waals surface area contributed by atoms with Crippen LogP contribution in [0.2, 0.25) is 15.1 Å². The maximum absolute atomic E-state index is 14.1. The van der Waals surface area contributed by atoms with E-state index < -0.39 is 11.8 Å². The largest absolute Gasteiger partial charge is 0.322 e. The number of hydrogen-bond acceptors (Lipinski definition) is 3. The third-order valence-electron chi connectivity index (χ3n) is 5.27. The molecule has 0 unspecified atom stereocenters. The number of urea groups is 1. The quantitative estimate of drug-likeness (QED) is 0.488. The van der Waals surface area contributed by atoms with Crippen LogP contribution >= 0.6 is 34.8 Å². The number of benzene rings is 2. The number of hydrogen-bond donors (Lipinski definition) is 1. The lowest BCUT2D eigenvalue weighted by Crippen LogP contribution is -2.36. The van der Waals surface area contributed by atoms with Crippen LogP contribution in [0.4, 0.5) is 14.9 Å². The SMILES string of the molecule is Cc1nnc([C@H]2CCCN2C(=O)Nc2ccc(Cl)cc2F)n1Cc1ccc(Cl)c(Cl)c1. The van der Waals surface area contributed by atoms with Crippen molar-refractivity contribution < 1.29 is 9.18 Å². The highest BCUT2D eigenvalue weighted by Crippen LogP contribution is 2.33. The molecule has 0 radical (unpaired) electrons. The Labute approximate surface area is 193 Å². The number of nitrogens with zero attached hydrogens (tertiary/aromatic N) is 4. The van der Waals surface area contributed by atoms with Crippen molar-refractivity contribution >= 4 is 46.5 Å². The highest BCUT2D eigenvalue weighted by atomic mass is 35.5. The summed E-state index contributed by atoms with van der Waals surface area (Å²) < 4.78 is 16.1. The maximum atomic E-state index is 14.1. The van der Waals surface area contributed by atoms with E-state index >= 15 is 0 Å². The minimum atomic E-state index is -0.588. The van der Waals surface area contributed by atoms with Crippen LogP contribution in [-0.2, 0) is 6.54 Å². The van der Waals surface area contributed by atoms with Crippen LogP contribution in [0.3, 0.4) is 0 Å². The summed E-state index contributed by atoms with van der Waals surface area (Å²) in [6.07, 6.45) is 1.54. The lowest BCUT2D eigenvalue weighted by Gasteiger charge is -2.25. The molecule has 1 aliphatic rings. The number of anilines is 1. The van der Waals surface area contributed by atoms with Gasteiger partial charge < -0.3 is 14.8 Å².